The Morgan fingerprint density at radius 3 is 2.74 bits per heavy atom. The van der Waals surface area contributed by atoms with Gasteiger partial charge in [0.15, 0.2) is 0 Å². The van der Waals surface area contributed by atoms with E-state index in [0.717, 1.165) is 25.3 Å². The molecule has 23 heavy (non-hydrogen) atoms. The number of rotatable bonds is 5. The molecule has 0 radical (unpaired) electrons. The van der Waals surface area contributed by atoms with Gasteiger partial charge in [-0.3, -0.25) is 0 Å². The van der Waals surface area contributed by atoms with Crippen molar-refractivity contribution in [2.45, 2.75) is 59.5 Å². The van der Waals surface area contributed by atoms with Gasteiger partial charge >= 0.3 is 0 Å². The van der Waals surface area contributed by atoms with Crippen molar-refractivity contribution in [1.29, 1.82) is 0 Å². The minimum atomic E-state index is 0.295. The average molecular weight is 314 g/mol. The summed E-state index contributed by atoms with van der Waals surface area (Å²) in [6, 6.07) is 6.94. The van der Waals surface area contributed by atoms with Crippen LogP contribution in [0.3, 0.4) is 0 Å². The van der Waals surface area contributed by atoms with Crippen LogP contribution < -0.4 is 10.1 Å². The smallest absolute Gasteiger partial charge is 0.119 e. The summed E-state index contributed by atoms with van der Waals surface area (Å²) in [6.45, 7) is 11.3. The third-order valence-electron chi connectivity index (χ3n) is 4.85. The summed E-state index contributed by atoms with van der Waals surface area (Å²) in [5, 5.41) is 5.18. The first kappa shape index (κ1) is 16.4. The molecule has 1 atom stereocenters. The lowest BCUT2D eigenvalue weighted by Gasteiger charge is -2.25. The fraction of sp³-hybridized carbons (Fsp3) is 0.600. The lowest BCUT2D eigenvalue weighted by molar-refractivity contribution is 0.349. The topological polar surface area (TPSA) is 26.2 Å². The van der Waals surface area contributed by atoms with Crippen LogP contribution in [0.15, 0.2) is 18.2 Å². The van der Waals surface area contributed by atoms with Gasteiger partial charge in [0.25, 0.3) is 0 Å². The Balaban J connectivity index is 2.07. The van der Waals surface area contributed by atoms with Crippen LogP contribution in [-0.4, -0.2) is 18.2 Å². The summed E-state index contributed by atoms with van der Waals surface area (Å²) >= 11 is 0. The highest BCUT2D eigenvalue weighted by molar-refractivity contribution is 5.88. The van der Waals surface area contributed by atoms with E-state index in [0.29, 0.717) is 11.5 Å². The van der Waals surface area contributed by atoms with Crippen LogP contribution >= 0.6 is 0 Å². The van der Waals surface area contributed by atoms with Gasteiger partial charge in [0.2, 0.25) is 0 Å². The largest absolute Gasteiger partial charge is 0.497 e. The third kappa shape index (κ3) is 3.12. The minimum absolute atomic E-state index is 0.295. The molecule has 126 valence electrons. The van der Waals surface area contributed by atoms with E-state index in [4.69, 9.17) is 4.74 Å². The molecule has 1 aliphatic rings. The quantitative estimate of drug-likeness (QED) is 0.867. The standard InChI is InChI=1S/C20H30N2O/c1-6-16(21-13-20(2,3)4)19-15-12-14(23-5)9-10-17(15)22-11-7-8-18(19)22/h9-10,12,16,21H,6-8,11,13H2,1-5H3/t16-/m0/s1. The zero-order chi connectivity index (χ0) is 16.6. The molecule has 0 unspecified atom stereocenters. The van der Waals surface area contributed by atoms with E-state index in [-0.39, 0.29) is 0 Å². The van der Waals surface area contributed by atoms with Crippen molar-refractivity contribution >= 4 is 10.9 Å². The first-order chi connectivity index (χ1) is 10.9. The third-order valence-corrected chi connectivity index (χ3v) is 4.85. The molecule has 0 bridgehead atoms. The number of hydrogen-bond acceptors (Lipinski definition) is 2. The van der Waals surface area contributed by atoms with Gasteiger partial charge < -0.3 is 14.6 Å². The average Bonchev–Trinajstić information content (AvgIpc) is 3.08. The summed E-state index contributed by atoms with van der Waals surface area (Å²) in [5.74, 6) is 0.952. The molecule has 0 saturated heterocycles. The summed E-state index contributed by atoms with van der Waals surface area (Å²) in [4.78, 5) is 0. The van der Waals surface area contributed by atoms with Crippen LogP contribution in [0.1, 0.15) is 57.8 Å². The SMILES string of the molecule is CC[C@H](NCC(C)(C)C)c1c2n(c3ccc(OC)cc13)CCC2. The van der Waals surface area contributed by atoms with Gasteiger partial charge in [-0.1, -0.05) is 27.7 Å². The van der Waals surface area contributed by atoms with Crippen LogP contribution in [0.2, 0.25) is 0 Å². The van der Waals surface area contributed by atoms with Crippen LogP contribution in [0.4, 0.5) is 0 Å². The van der Waals surface area contributed by atoms with Gasteiger partial charge in [-0.2, -0.15) is 0 Å². The Morgan fingerprint density at radius 1 is 1.30 bits per heavy atom. The van der Waals surface area contributed by atoms with Gasteiger partial charge in [0.1, 0.15) is 5.75 Å². The molecule has 1 aromatic heterocycles. The van der Waals surface area contributed by atoms with Crippen molar-refractivity contribution in [2.75, 3.05) is 13.7 Å². The summed E-state index contributed by atoms with van der Waals surface area (Å²) in [5.41, 5.74) is 4.69. The van der Waals surface area contributed by atoms with Crippen molar-refractivity contribution in [3.8, 4) is 5.75 Å². The van der Waals surface area contributed by atoms with Crippen LogP contribution in [0.25, 0.3) is 10.9 Å². The number of aromatic nitrogens is 1. The molecular weight excluding hydrogens is 284 g/mol. The van der Waals surface area contributed by atoms with E-state index in [1.165, 1.54) is 35.0 Å². The number of fused-ring (bicyclic) bond motifs is 3. The normalized spacial score (nSPS) is 15.9. The number of methoxy groups -OCH3 is 1. The molecular formula is C20H30N2O. The maximum atomic E-state index is 5.48. The second-order valence-electron chi connectivity index (χ2n) is 7.90. The van der Waals surface area contributed by atoms with Gasteiger partial charge in [-0.05, 0) is 48.4 Å². The minimum Gasteiger partial charge on any atom is -0.497 e. The Kier molecular flexibility index (Phi) is 4.41. The number of nitrogens with zero attached hydrogens (tertiary/aromatic N) is 1. The highest BCUT2D eigenvalue weighted by atomic mass is 16.5. The number of benzene rings is 1. The summed E-state index contributed by atoms with van der Waals surface area (Å²) in [7, 11) is 1.75. The number of ether oxygens (including phenoxy) is 1. The summed E-state index contributed by atoms with van der Waals surface area (Å²) in [6.07, 6.45) is 3.57. The zero-order valence-corrected chi connectivity index (χ0v) is 15.2. The van der Waals surface area contributed by atoms with Crippen molar-refractivity contribution in [3.05, 3.63) is 29.5 Å². The molecule has 0 spiro atoms. The fourth-order valence-corrected chi connectivity index (χ4v) is 3.74. The van der Waals surface area contributed by atoms with E-state index >= 15 is 0 Å². The molecule has 0 aliphatic carbocycles. The van der Waals surface area contributed by atoms with Gasteiger partial charge in [-0.25, -0.2) is 0 Å². The maximum absolute atomic E-state index is 5.48. The highest BCUT2D eigenvalue weighted by Gasteiger charge is 2.26. The molecule has 1 aromatic carbocycles. The van der Waals surface area contributed by atoms with Crippen molar-refractivity contribution < 1.29 is 4.74 Å². The molecule has 2 heterocycles. The van der Waals surface area contributed by atoms with Gasteiger partial charge in [-0.15, -0.1) is 0 Å². The molecule has 1 N–H and O–H groups in total. The van der Waals surface area contributed by atoms with Crippen molar-refractivity contribution in [2.24, 2.45) is 5.41 Å². The number of hydrogen-bond donors (Lipinski definition) is 1. The Labute approximate surface area is 140 Å². The first-order valence-electron chi connectivity index (χ1n) is 8.87. The van der Waals surface area contributed by atoms with E-state index in [1.807, 2.05) is 0 Å². The predicted molar refractivity (Wildman–Crippen MR) is 97.3 cm³/mol. The Morgan fingerprint density at radius 2 is 2.09 bits per heavy atom. The lowest BCUT2D eigenvalue weighted by Crippen LogP contribution is -2.30. The second-order valence-corrected chi connectivity index (χ2v) is 7.90. The molecule has 3 heteroatoms. The predicted octanol–water partition coefficient (Wildman–Crippen LogP) is 4.68. The van der Waals surface area contributed by atoms with E-state index in [2.05, 4.69) is 55.8 Å². The lowest BCUT2D eigenvalue weighted by atomic mass is 9.94. The molecule has 0 saturated carbocycles. The summed E-state index contributed by atoms with van der Waals surface area (Å²) < 4.78 is 8.00. The zero-order valence-electron chi connectivity index (χ0n) is 15.2. The van der Waals surface area contributed by atoms with E-state index in [9.17, 15) is 0 Å². The molecule has 1 aliphatic heterocycles. The maximum Gasteiger partial charge on any atom is 0.119 e. The first-order valence-corrected chi connectivity index (χ1v) is 8.87. The highest BCUT2D eigenvalue weighted by Crippen LogP contribution is 2.38. The van der Waals surface area contributed by atoms with Crippen LogP contribution in [0, 0.1) is 5.41 Å². The number of aryl methyl sites for hydroxylation is 1. The second kappa shape index (κ2) is 6.20. The Bertz CT molecular complexity index is 694. The van der Waals surface area contributed by atoms with E-state index < -0.39 is 0 Å². The Hall–Kier alpha value is -1.48. The molecule has 0 amide bonds. The monoisotopic (exact) mass is 314 g/mol. The van der Waals surface area contributed by atoms with Crippen molar-refractivity contribution in [3.63, 3.8) is 0 Å². The van der Waals surface area contributed by atoms with E-state index in [1.54, 1.807) is 7.11 Å². The van der Waals surface area contributed by atoms with Crippen LogP contribution in [-0.2, 0) is 13.0 Å². The van der Waals surface area contributed by atoms with Crippen molar-refractivity contribution in [1.82, 2.24) is 9.88 Å². The van der Waals surface area contributed by atoms with Crippen LogP contribution in [0.5, 0.6) is 5.75 Å². The molecule has 3 nitrogen and oxygen atoms in total. The number of nitrogens with one attached hydrogen (secondary N) is 1. The molecule has 0 fully saturated rings. The molecule has 3 rings (SSSR count). The van der Waals surface area contributed by atoms with Gasteiger partial charge in [0.05, 0.1) is 7.11 Å². The van der Waals surface area contributed by atoms with Gasteiger partial charge in [0, 0.05) is 35.7 Å². The molecule has 2 aromatic rings. The fourth-order valence-electron chi connectivity index (χ4n) is 3.74.